The first kappa shape index (κ1) is 12.6. The van der Waals surface area contributed by atoms with Crippen molar-refractivity contribution < 1.29 is 14.8 Å². The van der Waals surface area contributed by atoms with Crippen molar-refractivity contribution >= 4 is 11.4 Å². The lowest BCUT2D eigenvalue weighted by Gasteiger charge is -2.31. The van der Waals surface area contributed by atoms with Crippen molar-refractivity contribution in [3.8, 4) is 5.75 Å². The molecule has 0 amide bonds. The van der Waals surface area contributed by atoms with E-state index < -0.39 is 4.92 Å². The second-order valence-corrected chi connectivity index (χ2v) is 4.33. The first-order valence-electron chi connectivity index (χ1n) is 5.87. The van der Waals surface area contributed by atoms with Crippen LogP contribution in [0.5, 0.6) is 5.75 Å². The predicted molar refractivity (Wildman–Crippen MR) is 67.1 cm³/mol. The number of nitro benzene ring substituents is 1. The second-order valence-electron chi connectivity index (χ2n) is 4.33. The number of ether oxygens (including phenoxy) is 1. The lowest BCUT2D eigenvalue weighted by molar-refractivity contribution is -0.384. The van der Waals surface area contributed by atoms with Gasteiger partial charge in [-0.05, 0) is 25.0 Å². The van der Waals surface area contributed by atoms with E-state index in [2.05, 4.69) is 0 Å². The molecule has 0 aromatic heterocycles. The molecule has 1 aliphatic heterocycles. The number of piperidine rings is 1. The fourth-order valence-electron chi connectivity index (χ4n) is 2.15. The minimum atomic E-state index is -0.400. The zero-order valence-electron chi connectivity index (χ0n) is 10.2. The molecule has 2 rings (SSSR count). The number of anilines is 1. The fourth-order valence-corrected chi connectivity index (χ4v) is 2.15. The summed E-state index contributed by atoms with van der Waals surface area (Å²) < 4.78 is 5.00. The average molecular weight is 252 g/mol. The number of rotatable bonds is 3. The molecule has 1 aromatic carbocycles. The normalized spacial score (nSPS) is 16.7. The SMILES string of the molecule is COc1ccc(N2CCC(O)CC2)c([N+](=O)[O-])c1. The lowest BCUT2D eigenvalue weighted by Crippen LogP contribution is -2.36. The van der Waals surface area contributed by atoms with Crippen LogP contribution in [0.25, 0.3) is 0 Å². The Morgan fingerprint density at radius 2 is 2.11 bits per heavy atom. The molecule has 6 heteroatoms. The van der Waals surface area contributed by atoms with Gasteiger partial charge in [0.25, 0.3) is 5.69 Å². The molecule has 18 heavy (non-hydrogen) atoms. The van der Waals surface area contributed by atoms with Crippen LogP contribution in [0.3, 0.4) is 0 Å². The van der Waals surface area contributed by atoms with Gasteiger partial charge in [-0.2, -0.15) is 0 Å². The number of methoxy groups -OCH3 is 1. The highest BCUT2D eigenvalue weighted by molar-refractivity contribution is 5.65. The Balaban J connectivity index is 2.29. The summed E-state index contributed by atoms with van der Waals surface area (Å²) in [5.41, 5.74) is 0.637. The highest BCUT2D eigenvalue weighted by Gasteiger charge is 2.24. The van der Waals surface area contributed by atoms with Crippen molar-refractivity contribution in [3.05, 3.63) is 28.3 Å². The summed E-state index contributed by atoms with van der Waals surface area (Å²) in [5, 5.41) is 20.5. The zero-order chi connectivity index (χ0) is 13.1. The molecule has 98 valence electrons. The van der Waals surface area contributed by atoms with Crippen molar-refractivity contribution in [3.63, 3.8) is 0 Å². The van der Waals surface area contributed by atoms with Gasteiger partial charge in [-0.3, -0.25) is 10.1 Å². The molecule has 1 fully saturated rings. The Bertz CT molecular complexity index is 442. The summed E-state index contributed by atoms with van der Waals surface area (Å²) in [6.07, 6.45) is 0.991. The maximum absolute atomic E-state index is 11.1. The van der Waals surface area contributed by atoms with Crippen LogP contribution in [0.4, 0.5) is 11.4 Å². The third-order valence-electron chi connectivity index (χ3n) is 3.18. The van der Waals surface area contributed by atoms with Gasteiger partial charge in [-0.1, -0.05) is 0 Å². The Hall–Kier alpha value is -1.82. The lowest BCUT2D eigenvalue weighted by atomic mass is 10.1. The first-order valence-corrected chi connectivity index (χ1v) is 5.87. The van der Waals surface area contributed by atoms with E-state index in [0.29, 0.717) is 37.4 Å². The molecule has 0 radical (unpaired) electrons. The molecule has 0 atom stereocenters. The number of nitro groups is 1. The van der Waals surface area contributed by atoms with Crippen LogP contribution in [0.2, 0.25) is 0 Å². The van der Waals surface area contributed by atoms with Gasteiger partial charge in [0.1, 0.15) is 11.4 Å². The van der Waals surface area contributed by atoms with E-state index >= 15 is 0 Å². The number of hydrogen-bond donors (Lipinski definition) is 1. The summed E-state index contributed by atoms with van der Waals surface area (Å²) in [4.78, 5) is 12.6. The van der Waals surface area contributed by atoms with Gasteiger partial charge in [-0.15, -0.1) is 0 Å². The summed E-state index contributed by atoms with van der Waals surface area (Å²) in [6.45, 7) is 1.27. The Labute approximate surface area is 105 Å². The van der Waals surface area contributed by atoms with Gasteiger partial charge >= 0.3 is 0 Å². The molecule has 1 aliphatic rings. The molecule has 1 aromatic rings. The number of aliphatic hydroxyl groups excluding tert-OH is 1. The predicted octanol–water partition coefficient (Wildman–Crippen LogP) is 1.56. The van der Waals surface area contributed by atoms with E-state index in [-0.39, 0.29) is 11.8 Å². The molecule has 6 nitrogen and oxygen atoms in total. The van der Waals surface area contributed by atoms with Crippen molar-refractivity contribution in [2.24, 2.45) is 0 Å². The molecule has 1 N–H and O–H groups in total. The van der Waals surface area contributed by atoms with Crippen LogP contribution in [0.1, 0.15) is 12.8 Å². The minimum Gasteiger partial charge on any atom is -0.496 e. The molecular formula is C12H16N2O4. The Kier molecular flexibility index (Phi) is 3.66. The van der Waals surface area contributed by atoms with Crippen LogP contribution >= 0.6 is 0 Å². The maximum atomic E-state index is 11.1. The van der Waals surface area contributed by atoms with Crippen LogP contribution in [-0.2, 0) is 0 Å². The van der Waals surface area contributed by atoms with Crippen molar-refractivity contribution in [1.29, 1.82) is 0 Å². The minimum absolute atomic E-state index is 0.0470. The average Bonchev–Trinajstić information content (AvgIpc) is 2.39. The smallest absolute Gasteiger partial charge is 0.296 e. The van der Waals surface area contributed by atoms with E-state index in [9.17, 15) is 15.2 Å². The first-order chi connectivity index (χ1) is 8.61. The third kappa shape index (κ3) is 2.53. The van der Waals surface area contributed by atoms with Crippen LogP contribution < -0.4 is 9.64 Å². The van der Waals surface area contributed by atoms with Crippen molar-refractivity contribution in [2.75, 3.05) is 25.1 Å². The van der Waals surface area contributed by atoms with Gasteiger partial charge in [0.05, 0.1) is 24.2 Å². The third-order valence-corrected chi connectivity index (χ3v) is 3.18. The maximum Gasteiger partial charge on any atom is 0.296 e. The fraction of sp³-hybridized carbons (Fsp3) is 0.500. The van der Waals surface area contributed by atoms with Crippen LogP contribution in [0.15, 0.2) is 18.2 Å². The standard InChI is InChI=1S/C12H16N2O4/c1-18-10-2-3-11(12(8-10)14(16)17)13-6-4-9(15)5-7-13/h2-3,8-9,15H,4-7H2,1H3. The number of nitrogens with zero attached hydrogens (tertiary/aromatic N) is 2. The number of aliphatic hydroxyl groups is 1. The molecule has 1 heterocycles. The summed E-state index contributed by atoms with van der Waals surface area (Å²) in [7, 11) is 1.48. The highest BCUT2D eigenvalue weighted by Crippen LogP contribution is 2.33. The zero-order valence-corrected chi connectivity index (χ0v) is 10.2. The van der Waals surface area contributed by atoms with E-state index in [4.69, 9.17) is 4.74 Å². The van der Waals surface area contributed by atoms with E-state index in [1.54, 1.807) is 12.1 Å². The Morgan fingerprint density at radius 1 is 1.44 bits per heavy atom. The number of benzene rings is 1. The molecule has 1 saturated heterocycles. The number of hydrogen-bond acceptors (Lipinski definition) is 5. The van der Waals surface area contributed by atoms with Gasteiger partial charge in [0, 0.05) is 13.1 Å². The van der Waals surface area contributed by atoms with E-state index in [1.165, 1.54) is 13.2 Å². The molecule has 0 bridgehead atoms. The van der Waals surface area contributed by atoms with E-state index in [0.717, 1.165) is 0 Å². The van der Waals surface area contributed by atoms with Gasteiger partial charge in [0.2, 0.25) is 0 Å². The van der Waals surface area contributed by atoms with Crippen molar-refractivity contribution in [2.45, 2.75) is 18.9 Å². The van der Waals surface area contributed by atoms with Crippen molar-refractivity contribution in [1.82, 2.24) is 0 Å². The summed E-state index contributed by atoms with van der Waals surface area (Å²) in [5.74, 6) is 0.475. The van der Waals surface area contributed by atoms with Crippen LogP contribution in [0, 0.1) is 10.1 Å². The van der Waals surface area contributed by atoms with Gasteiger partial charge < -0.3 is 14.7 Å². The second kappa shape index (κ2) is 5.22. The summed E-state index contributed by atoms with van der Waals surface area (Å²) in [6, 6.07) is 4.85. The van der Waals surface area contributed by atoms with Gasteiger partial charge in [0.15, 0.2) is 0 Å². The summed E-state index contributed by atoms with van der Waals surface area (Å²) >= 11 is 0. The molecular weight excluding hydrogens is 236 g/mol. The molecule has 0 saturated carbocycles. The monoisotopic (exact) mass is 252 g/mol. The quantitative estimate of drug-likeness (QED) is 0.652. The largest absolute Gasteiger partial charge is 0.496 e. The molecule has 0 aliphatic carbocycles. The molecule has 0 spiro atoms. The van der Waals surface area contributed by atoms with Crippen LogP contribution in [-0.4, -0.2) is 36.3 Å². The van der Waals surface area contributed by atoms with E-state index in [1.807, 2.05) is 4.90 Å². The Morgan fingerprint density at radius 3 is 2.67 bits per heavy atom. The topological polar surface area (TPSA) is 75.8 Å². The van der Waals surface area contributed by atoms with Gasteiger partial charge in [-0.25, -0.2) is 0 Å². The molecule has 0 unspecified atom stereocenters. The highest BCUT2D eigenvalue weighted by atomic mass is 16.6.